The van der Waals surface area contributed by atoms with Crippen LogP contribution in [0.1, 0.15) is 24.0 Å². The maximum atomic E-state index is 10.9. The van der Waals surface area contributed by atoms with E-state index in [4.69, 9.17) is 0 Å². The fourth-order valence-electron chi connectivity index (χ4n) is 3.74. The van der Waals surface area contributed by atoms with Crippen LogP contribution in [-0.4, -0.2) is 23.9 Å². The van der Waals surface area contributed by atoms with Gasteiger partial charge in [-0.2, -0.15) is 0 Å². The van der Waals surface area contributed by atoms with Gasteiger partial charge in [0.25, 0.3) is 0 Å². The topological polar surface area (TPSA) is 161 Å². The van der Waals surface area contributed by atoms with Gasteiger partial charge >= 0.3 is 21.7 Å². The van der Waals surface area contributed by atoms with Crippen LogP contribution in [0.2, 0.25) is 0 Å². The zero-order valence-corrected chi connectivity index (χ0v) is 21.0. The van der Waals surface area contributed by atoms with Crippen molar-refractivity contribution in [1.29, 1.82) is 0 Å². The van der Waals surface area contributed by atoms with Crippen molar-refractivity contribution in [1.82, 2.24) is 0 Å². The molecule has 0 bridgehead atoms. The molecule has 0 amide bonds. The SMILES string of the molecule is O=C([O-])C1(C(=O)[O-])C=CC(c2ccccc2)=CC1.O=C([O-])C1(C(=O)[O-])C=CC(c2ccccc2)=CC1.[Ti+4]. The predicted octanol–water partition coefficient (Wildman–Crippen LogP) is -0.970. The van der Waals surface area contributed by atoms with Crippen LogP contribution in [0.5, 0.6) is 0 Å². The second-order valence-electron chi connectivity index (χ2n) is 8.22. The van der Waals surface area contributed by atoms with E-state index < -0.39 is 34.7 Å². The third kappa shape index (κ3) is 6.23. The zero-order valence-electron chi connectivity index (χ0n) is 19.4. The summed E-state index contributed by atoms with van der Waals surface area (Å²) in [4.78, 5) is 43.8. The van der Waals surface area contributed by atoms with E-state index >= 15 is 0 Å². The Bertz CT molecular complexity index is 1160. The molecule has 184 valence electrons. The minimum atomic E-state index is -2.06. The molecule has 2 aliphatic rings. The maximum Gasteiger partial charge on any atom is 4.00 e. The molecule has 4 rings (SSSR count). The van der Waals surface area contributed by atoms with Crippen molar-refractivity contribution in [3.05, 3.63) is 108 Å². The van der Waals surface area contributed by atoms with Crippen molar-refractivity contribution in [2.24, 2.45) is 10.8 Å². The minimum Gasteiger partial charge on any atom is -0.549 e. The molecular weight excluding hydrogens is 512 g/mol. The van der Waals surface area contributed by atoms with E-state index in [0.717, 1.165) is 34.4 Å². The van der Waals surface area contributed by atoms with Gasteiger partial charge in [-0.1, -0.05) is 97.1 Å². The Balaban J connectivity index is 0.000000253. The molecule has 0 atom stereocenters. The fraction of sp³-hybridized carbons (Fsp3) is 0.143. The summed E-state index contributed by atoms with van der Waals surface area (Å²) in [6.45, 7) is 0. The van der Waals surface area contributed by atoms with Crippen LogP contribution in [0, 0.1) is 10.8 Å². The normalized spacial score (nSPS) is 16.5. The van der Waals surface area contributed by atoms with Crippen molar-refractivity contribution in [3.63, 3.8) is 0 Å². The quantitative estimate of drug-likeness (QED) is 0.339. The third-order valence-electron chi connectivity index (χ3n) is 6.05. The Hall–Kier alpha value is -4.01. The van der Waals surface area contributed by atoms with Crippen LogP contribution >= 0.6 is 0 Å². The van der Waals surface area contributed by atoms with Gasteiger partial charge in [-0.15, -0.1) is 0 Å². The molecule has 9 heteroatoms. The van der Waals surface area contributed by atoms with Crippen LogP contribution in [0.15, 0.2) is 97.1 Å². The number of hydrogen-bond donors (Lipinski definition) is 0. The maximum absolute atomic E-state index is 10.9. The number of carboxylic acids is 4. The number of carbonyl (C=O) groups excluding carboxylic acids is 4. The Morgan fingerprint density at radius 3 is 1.05 bits per heavy atom. The van der Waals surface area contributed by atoms with Gasteiger partial charge in [0.2, 0.25) is 0 Å². The molecule has 0 spiro atoms. The summed E-state index contributed by atoms with van der Waals surface area (Å²) in [5, 5.41) is 43.8. The minimum absolute atomic E-state index is 0. The first-order chi connectivity index (χ1) is 17.1. The second kappa shape index (κ2) is 12.3. The number of aliphatic carboxylic acids is 4. The molecule has 8 nitrogen and oxygen atoms in total. The van der Waals surface area contributed by atoms with Crippen molar-refractivity contribution >= 4 is 35.0 Å². The summed E-state index contributed by atoms with van der Waals surface area (Å²) >= 11 is 0. The van der Waals surface area contributed by atoms with Gasteiger partial charge in [0.05, 0.1) is 34.7 Å². The van der Waals surface area contributed by atoms with Gasteiger partial charge in [-0.3, -0.25) is 0 Å². The summed E-state index contributed by atoms with van der Waals surface area (Å²) in [6, 6.07) is 18.6. The molecule has 0 aromatic heterocycles. The molecule has 2 aromatic carbocycles. The molecule has 0 aliphatic heterocycles. The van der Waals surface area contributed by atoms with Gasteiger partial charge in [0.1, 0.15) is 0 Å². The fourth-order valence-corrected chi connectivity index (χ4v) is 3.74. The summed E-state index contributed by atoms with van der Waals surface area (Å²) in [5.74, 6) is -6.60. The molecule has 37 heavy (non-hydrogen) atoms. The van der Waals surface area contributed by atoms with E-state index in [0.29, 0.717) is 0 Å². The molecule has 0 N–H and O–H groups in total. The van der Waals surface area contributed by atoms with E-state index in [1.807, 2.05) is 60.7 Å². The number of allylic oxidation sites excluding steroid dienone is 6. The molecule has 0 fully saturated rings. The summed E-state index contributed by atoms with van der Waals surface area (Å²) in [7, 11) is 0. The average molecular weight is 532 g/mol. The van der Waals surface area contributed by atoms with E-state index in [1.54, 1.807) is 12.2 Å². The predicted molar refractivity (Wildman–Crippen MR) is 121 cm³/mol. The van der Waals surface area contributed by atoms with E-state index in [-0.39, 0.29) is 34.6 Å². The Kier molecular flexibility index (Phi) is 9.71. The zero-order chi connectivity index (χ0) is 26.3. The summed E-state index contributed by atoms with van der Waals surface area (Å²) in [5.41, 5.74) is -0.739. The van der Waals surface area contributed by atoms with Gasteiger partial charge in [0.15, 0.2) is 0 Å². The molecule has 0 saturated carbocycles. The second-order valence-corrected chi connectivity index (χ2v) is 8.22. The van der Waals surface area contributed by atoms with Crippen LogP contribution in [0.25, 0.3) is 11.1 Å². The van der Waals surface area contributed by atoms with Crippen molar-refractivity contribution in [2.45, 2.75) is 12.8 Å². The summed E-state index contributed by atoms with van der Waals surface area (Å²) < 4.78 is 0. The van der Waals surface area contributed by atoms with Crippen LogP contribution in [0.4, 0.5) is 0 Å². The molecule has 0 radical (unpaired) electrons. The van der Waals surface area contributed by atoms with Crippen molar-refractivity contribution in [2.75, 3.05) is 0 Å². The first-order valence-electron chi connectivity index (χ1n) is 10.9. The van der Waals surface area contributed by atoms with Crippen molar-refractivity contribution in [3.8, 4) is 0 Å². The van der Waals surface area contributed by atoms with E-state index in [2.05, 4.69) is 0 Å². The number of hydrogen-bond acceptors (Lipinski definition) is 8. The van der Waals surface area contributed by atoms with Gasteiger partial charge in [0, 0.05) is 0 Å². The number of carbonyl (C=O) groups is 4. The van der Waals surface area contributed by atoms with Gasteiger partial charge in [-0.05, 0) is 35.1 Å². The Morgan fingerprint density at radius 1 is 0.541 bits per heavy atom. The summed E-state index contributed by atoms with van der Waals surface area (Å²) in [6.07, 6.45) is 8.01. The van der Waals surface area contributed by atoms with Crippen LogP contribution in [0.3, 0.4) is 0 Å². The molecule has 0 heterocycles. The Labute approximate surface area is 227 Å². The third-order valence-corrected chi connectivity index (χ3v) is 6.05. The molecule has 0 unspecified atom stereocenters. The van der Waals surface area contributed by atoms with Crippen molar-refractivity contribution < 1.29 is 61.3 Å². The van der Waals surface area contributed by atoms with E-state index in [1.165, 1.54) is 12.2 Å². The molecule has 2 aliphatic carbocycles. The number of benzene rings is 2. The smallest absolute Gasteiger partial charge is 0.549 e. The number of carboxylic acid groups (broad SMARTS) is 4. The molecule has 0 saturated heterocycles. The number of rotatable bonds is 6. The standard InChI is InChI=1S/2C14H12O4.Ti/c2*15-12(16)14(13(17)18)8-6-11(7-9-14)10-4-2-1-3-5-10;/h2*1-8H,9H2,(H,15,16)(H,17,18);/q;;+4/p-4. The average Bonchev–Trinajstić information content (AvgIpc) is 2.89. The van der Waals surface area contributed by atoms with Gasteiger partial charge < -0.3 is 39.6 Å². The monoisotopic (exact) mass is 532 g/mol. The van der Waals surface area contributed by atoms with Crippen LogP contribution < -0.4 is 20.4 Å². The largest absolute Gasteiger partial charge is 4.00 e. The first-order valence-corrected chi connectivity index (χ1v) is 10.9. The van der Waals surface area contributed by atoms with Gasteiger partial charge in [-0.25, -0.2) is 0 Å². The Morgan fingerprint density at radius 2 is 0.838 bits per heavy atom. The molecule has 2 aromatic rings. The first kappa shape index (κ1) is 29.2. The van der Waals surface area contributed by atoms with Crippen LogP contribution in [-0.2, 0) is 40.9 Å². The van der Waals surface area contributed by atoms with E-state index in [9.17, 15) is 39.6 Å². The molecular formula is C28H20O8Ti.